The van der Waals surface area contributed by atoms with Gasteiger partial charge in [0.1, 0.15) is 16.5 Å². The Morgan fingerprint density at radius 3 is 2.34 bits per heavy atom. The van der Waals surface area contributed by atoms with Crippen LogP contribution >= 0.6 is 11.3 Å². The molecule has 8 nitrogen and oxygen atoms in total. The molecule has 4 rings (SSSR count). The van der Waals surface area contributed by atoms with E-state index in [9.17, 15) is 9.59 Å². The SMILES string of the molecule is COc1ccccc1N1CCN(C(=O)c2csc(CN(C(=O)Nc3ccc(C(C)C)cc3)C(C)C)n2)CC1. The summed E-state index contributed by atoms with van der Waals surface area (Å²) in [5.41, 5.74) is 3.46. The molecule has 1 aliphatic rings. The van der Waals surface area contributed by atoms with Gasteiger partial charge in [0.25, 0.3) is 5.91 Å². The van der Waals surface area contributed by atoms with Crippen molar-refractivity contribution in [3.8, 4) is 5.75 Å². The van der Waals surface area contributed by atoms with Crippen molar-refractivity contribution in [1.82, 2.24) is 14.8 Å². The summed E-state index contributed by atoms with van der Waals surface area (Å²) in [5.74, 6) is 1.20. The van der Waals surface area contributed by atoms with Gasteiger partial charge in [0.05, 0.1) is 19.3 Å². The van der Waals surface area contributed by atoms with Crippen molar-refractivity contribution in [2.45, 2.75) is 46.2 Å². The van der Waals surface area contributed by atoms with E-state index in [2.05, 4.69) is 29.0 Å². The first-order chi connectivity index (χ1) is 18.3. The third-order valence-electron chi connectivity index (χ3n) is 6.78. The molecule has 3 amide bonds. The van der Waals surface area contributed by atoms with E-state index in [0.29, 0.717) is 31.2 Å². The van der Waals surface area contributed by atoms with E-state index in [4.69, 9.17) is 4.74 Å². The van der Waals surface area contributed by atoms with E-state index in [1.54, 1.807) is 17.4 Å². The molecule has 1 fully saturated rings. The van der Waals surface area contributed by atoms with Gasteiger partial charge >= 0.3 is 6.03 Å². The predicted octanol–water partition coefficient (Wildman–Crippen LogP) is 5.68. The lowest BCUT2D eigenvalue weighted by atomic mass is 10.0. The molecule has 3 aromatic rings. The quantitative estimate of drug-likeness (QED) is 0.402. The molecule has 1 N–H and O–H groups in total. The third kappa shape index (κ3) is 6.45. The second kappa shape index (κ2) is 12.3. The molecule has 0 unspecified atom stereocenters. The van der Waals surface area contributed by atoms with Crippen LogP contribution in [0.15, 0.2) is 53.9 Å². The van der Waals surface area contributed by atoms with Crippen molar-refractivity contribution in [3.63, 3.8) is 0 Å². The Kier molecular flexibility index (Phi) is 8.89. The van der Waals surface area contributed by atoms with E-state index in [1.807, 2.05) is 67.3 Å². The predicted molar refractivity (Wildman–Crippen MR) is 153 cm³/mol. The smallest absolute Gasteiger partial charge is 0.322 e. The highest BCUT2D eigenvalue weighted by Gasteiger charge is 2.26. The number of benzene rings is 2. The fourth-order valence-corrected chi connectivity index (χ4v) is 5.23. The minimum atomic E-state index is -0.187. The lowest BCUT2D eigenvalue weighted by molar-refractivity contribution is 0.0741. The Labute approximate surface area is 229 Å². The number of aromatic nitrogens is 1. The Bertz CT molecular complexity index is 1230. The summed E-state index contributed by atoms with van der Waals surface area (Å²) in [6, 6.07) is 15.7. The molecule has 0 bridgehead atoms. The second-order valence-corrected chi connectivity index (χ2v) is 10.9. The Morgan fingerprint density at radius 2 is 1.71 bits per heavy atom. The molecule has 0 atom stereocenters. The van der Waals surface area contributed by atoms with Crippen LogP contribution in [0.1, 0.15) is 54.7 Å². The first-order valence-electron chi connectivity index (χ1n) is 13.1. The number of nitrogens with zero attached hydrogens (tertiary/aromatic N) is 4. The zero-order valence-corrected chi connectivity index (χ0v) is 23.6. The van der Waals surface area contributed by atoms with E-state index in [0.717, 1.165) is 35.2 Å². The number of rotatable bonds is 8. The molecule has 0 saturated carbocycles. The van der Waals surface area contributed by atoms with Gasteiger partial charge in [0.2, 0.25) is 0 Å². The molecular weight excluding hydrogens is 498 g/mol. The van der Waals surface area contributed by atoms with Gasteiger partial charge in [0.15, 0.2) is 0 Å². The molecule has 1 saturated heterocycles. The van der Waals surface area contributed by atoms with E-state index >= 15 is 0 Å². The summed E-state index contributed by atoms with van der Waals surface area (Å²) >= 11 is 1.41. The highest BCUT2D eigenvalue weighted by Crippen LogP contribution is 2.28. The summed E-state index contributed by atoms with van der Waals surface area (Å²) in [6.07, 6.45) is 0. The molecule has 1 aliphatic heterocycles. The third-order valence-corrected chi connectivity index (χ3v) is 7.62. The summed E-state index contributed by atoms with van der Waals surface area (Å²) in [4.78, 5) is 36.7. The minimum absolute atomic E-state index is 0.0314. The number of anilines is 2. The number of ether oxygens (including phenoxy) is 1. The number of amides is 3. The Hall–Kier alpha value is -3.59. The van der Waals surface area contributed by atoms with Crippen LogP contribution in [0.2, 0.25) is 0 Å². The van der Waals surface area contributed by atoms with Gasteiger partial charge in [-0.05, 0) is 49.6 Å². The van der Waals surface area contributed by atoms with Crippen molar-refractivity contribution in [2.75, 3.05) is 43.5 Å². The largest absolute Gasteiger partial charge is 0.495 e. The zero-order chi connectivity index (χ0) is 27.2. The number of carbonyl (C=O) groups excluding carboxylic acids is 2. The number of para-hydroxylation sites is 2. The van der Waals surface area contributed by atoms with Gasteiger partial charge in [-0.1, -0.05) is 38.1 Å². The van der Waals surface area contributed by atoms with E-state index in [1.165, 1.54) is 16.9 Å². The fourth-order valence-electron chi connectivity index (χ4n) is 4.47. The maximum atomic E-state index is 13.2. The molecule has 9 heteroatoms. The Morgan fingerprint density at radius 1 is 1.03 bits per heavy atom. The van der Waals surface area contributed by atoms with Crippen LogP contribution in [-0.4, -0.2) is 66.1 Å². The molecule has 2 heterocycles. The van der Waals surface area contributed by atoms with Gasteiger partial charge in [-0.2, -0.15) is 0 Å². The summed E-state index contributed by atoms with van der Waals surface area (Å²) in [7, 11) is 1.67. The number of hydrogen-bond donors (Lipinski definition) is 1. The van der Waals surface area contributed by atoms with Crippen LogP contribution in [0, 0.1) is 0 Å². The number of hydrogen-bond acceptors (Lipinski definition) is 6. The summed E-state index contributed by atoms with van der Waals surface area (Å²) in [5, 5.41) is 5.52. The highest BCUT2D eigenvalue weighted by atomic mass is 32.1. The summed E-state index contributed by atoms with van der Waals surface area (Å²) in [6.45, 7) is 11.2. The van der Waals surface area contributed by atoms with E-state index in [-0.39, 0.29) is 18.0 Å². The maximum Gasteiger partial charge on any atom is 0.322 e. The van der Waals surface area contributed by atoms with Crippen LogP contribution in [0.3, 0.4) is 0 Å². The van der Waals surface area contributed by atoms with Crippen LogP contribution in [0.4, 0.5) is 16.2 Å². The molecule has 1 aromatic heterocycles. The highest BCUT2D eigenvalue weighted by molar-refractivity contribution is 7.09. The van der Waals surface area contributed by atoms with Crippen molar-refractivity contribution in [2.24, 2.45) is 0 Å². The molecule has 202 valence electrons. The fraction of sp³-hybridized carbons (Fsp3) is 0.414. The van der Waals surface area contributed by atoms with E-state index < -0.39 is 0 Å². The minimum Gasteiger partial charge on any atom is -0.495 e. The molecule has 38 heavy (non-hydrogen) atoms. The van der Waals surface area contributed by atoms with Gasteiger partial charge in [-0.25, -0.2) is 9.78 Å². The zero-order valence-electron chi connectivity index (χ0n) is 22.8. The van der Waals surface area contributed by atoms with Crippen LogP contribution in [-0.2, 0) is 6.54 Å². The average Bonchev–Trinajstić information content (AvgIpc) is 3.40. The average molecular weight is 536 g/mol. The summed E-state index contributed by atoms with van der Waals surface area (Å²) < 4.78 is 5.49. The first-order valence-corrected chi connectivity index (χ1v) is 13.9. The van der Waals surface area contributed by atoms with Gasteiger partial charge < -0.3 is 24.8 Å². The van der Waals surface area contributed by atoms with Crippen LogP contribution in [0.25, 0.3) is 0 Å². The van der Waals surface area contributed by atoms with Gasteiger partial charge in [-0.15, -0.1) is 11.3 Å². The molecule has 0 aliphatic carbocycles. The van der Waals surface area contributed by atoms with Crippen molar-refractivity contribution in [3.05, 3.63) is 70.2 Å². The number of nitrogens with one attached hydrogen (secondary N) is 1. The first kappa shape index (κ1) is 27.4. The lowest BCUT2D eigenvalue weighted by Crippen LogP contribution is -2.49. The number of methoxy groups -OCH3 is 1. The maximum absolute atomic E-state index is 13.2. The second-order valence-electron chi connectivity index (χ2n) is 10.0. The lowest BCUT2D eigenvalue weighted by Gasteiger charge is -2.36. The monoisotopic (exact) mass is 535 g/mol. The standard InChI is InChI=1S/C29H37N5O3S/c1-20(2)22-10-12-23(13-11-22)30-29(36)34(21(3)4)18-27-31-24(19-38-27)28(35)33-16-14-32(15-17-33)25-8-6-7-9-26(25)37-5/h6-13,19-21H,14-18H2,1-5H3,(H,30,36). The number of urea groups is 1. The molecule has 0 spiro atoms. The number of piperazine rings is 1. The molecular formula is C29H37N5O3S. The normalized spacial score (nSPS) is 13.7. The number of carbonyl (C=O) groups is 2. The molecule has 2 aromatic carbocycles. The van der Waals surface area contributed by atoms with Gasteiger partial charge in [0, 0.05) is 43.3 Å². The van der Waals surface area contributed by atoms with Crippen molar-refractivity contribution < 1.29 is 14.3 Å². The topological polar surface area (TPSA) is 78.0 Å². The van der Waals surface area contributed by atoms with Crippen LogP contribution in [0.5, 0.6) is 5.75 Å². The molecule has 0 radical (unpaired) electrons. The van der Waals surface area contributed by atoms with Gasteiger partial charge in [-0.3, -0.25) is 4.79 Å². The van der Waals surface area contributed by atoms with Crippen LogP contribution < -0.4 is 15.0 Å². The van der Waals surface area contributed by atoms with Crippen molar-refractivity contribution >= 4 is 34.6 Å². The Balaban J connectivity index is 1.35. The van der Waals surface area contributed by atoms with Crippen molar-refractivity contribution in [1.29, 1.82) is 0 Å². The number of thiazole rings is 1.